The highest BCUT2D eigenvalue weighted by molar-refractivity contribution is 5.92. The van der Waals surface area contributed by atoms with Crippen molar-refractivity contribution in [2.24, 2.45) is 5.41 Å². The van der Waals surface area contributed by atoms with Crippen molar-refractivity contribution in [2.75, 3.05) is 6.61 Å². The van der Waals surface area contributed by atoms with Crippen LogP contribution in [0.3, 0.4) is 0 Å². The van der Waals surface area contributed by atoms with Crippen LogP contribution in [0.5, 0.6) is 5.75 Å². The molecule has 0 spiro atoms. The number of hydrogen-bond acceptors (Lipinski definition) is 10. The summed E-state index contributed by atoms with van der Waals surface area (Å²) in [6, 6.07) is 6.46. The fraction of sp³-hybridized carbons (Fsp3) is 0.655. The SMILES string of the molecule is CCC(=O)O[C@H]1[C@@H](OC(=O)CC)COC(Oc2ccccc2C(=O)OC(C)(C)CC(C)(C)C)[C@@H]1OC(=O)CC. The van der Waals surface area contributed by atoms with E-state index in [1.807, 2.05) is 13.8 Å². The lowest BCUT2D eigenvalue weighted by Gasteiger charge is -2.40. The maximum atomic E-state index is 13.2. The summed E-state index contributed by atoms with van der Waals surface area (Å²) < 4.78 is 34.3. The van der Waals surface area contributed by atoms with Gasteiger partial charge in [0.15, 0.2) is 12.2 Å². The minimum atomic E-state index is -1.28. The third-order valence-electron chi connectivity index (χ3n) is 5.74. The van der Waals surface area contributed by atoms with E-state index in [9.17, 15) is 19.2 Å². The molecule has 0 radical (unpaired) electrons. The predicted octanol–water partition coefficient (Wildman–Crippen LogP) is 4.76. The second kappa shape index (κ2) is 13.8. The second-order valence-corrected chi connectivity index (χ2v) is 11.2. The first-order chi connectivity index (χ1) is 18.2. The molecule has 2 rings (SSSR count). The number of esters is 4. The maximum absolute atomic E-state index is 13.2. The monoisotopic (exact) mass is 550 g/mol. The number of para-hydroxylation sites is 1. The molecule has 218 valence electrons. The molecule has 1 heterocycles. The molecule has 1 aliphatic heterocycles. The Balaban J connectivity index is 2.38. The van der Waals surface area contributed by atoms with Gasteiger partial charge in [-0.1, -0.05) is 53.7 Å². The van der Waals surface area contributed by atoms with Gasteiger partial charge < -0.3 is 28.4 Å². The first-order valence-electron chi connectivity index (χ1n) is 13.4. The molecule has 39 heavy (non-hydrogen) atoms. The van der Waals surface area contributed by atoms with E-state index in [0.717, 1.165) is 0 Å². The first-order valence-corrected chi connectivity index (χ1v) is 13.4. The molecule has 1 fully saturated rings. The Bertz CT molecular complexity index is 1010. The molecule has 1 unspecified atom stereocenters. The molecular weight excluding hydrogens is 508 g/mol. The van der Waals surface area contributed by atoms with Crippen molar-refractivity contribution in [1.29, 1.82) is 0 Å². The molecule has 0 saturated carbocycles. The summed E-state index contributed by atoms with van der Waals surface area (Å²) in [6.07, 6.45) is -3.98. The molecule has 0 bridgehead atoms. The average Bonchev–Trinajstić information content (AvgIpc) is 2.85. The van der Waals surface area contributed by atoms with E-state index in [-0.39, 0.29) is 42.6 Å². The lowest BCUT2D eigenvalue weighted by Crippen LogP contribution is -2.59. The van der Waals surface area contributed by atoms with Crippen molar-refractivity contribution in [3.05, 3.63) is 29.8 Å². The van der Waals surface area contributed by atoms with Crippen LogP contribution in [0, 0.1) is 5.41 Å². The van der Waals surface area contributed by atoms with Gasteiger partial charge in [0.1, 0.15) is 16.9 Å². The van der Waals surface area contributed by atoms with Crippen LogP contribution in [0.2, 0.25) is 0 Å². The highest BCUT2D eigenvalue weighted by Crippen LogP contribution is 2.33. The highest BCUT2D eigenvalue weighted by atomic mass is 16.7. The Hall–Kier alpha value is -3.14. The van der Waals surface area contributed by atoms with Crippen molar-refractivity contribution >= 4 is 23.9 Å². The van der Waals surface area contributed by atoms with Crippen molar-refractivity contribution in [1.82, 2.24) is 0 Å². The summed E-state index contributed by atoms with van der Waals surface area (Å²) in [7, 11) is 0. The molecule has 1 aliphatic rings. The first kappa shape index (κ1) is 32.1. The molecule has 1 aromatic carbocycles. The van der Waals surface area contributed by atoms with Crippen molar-refractivity contribution in [2.45, 2.75) is 111 Å². The van der Waals surface area contributed by atoms with Gasteiger partial charge in [-0.3, -0.25) is 14.4 Å². The zero-order valence-corrected chi connectivity index (χ0v) is 24.2. The van der Waals surface area contributed by atoms with Gasteiger partial charge in [0.25, 0.3) is 0 Å². The lowest BCUT2D eigenvalue weighted by molar-refractivity contribution is -0.261. The van der Waals surface area contributed by atoms with Crippen molar-refractivity contribution in [3.63, 3.8) is 0 Å². The average molecular weight is 551 g/mol. The largest absolute Gasteiger partial charge is 0.460 e. The number of benzene rings is 1. The Morgan fingerprint density at radius 1 is 0.821 bits per heavy atom. The van der Waals surface area contributed by atoms with E-state index in [4.69, 9.17) is 28.4 Å². The number of ether oxygens (including phenoxy) is 6. The smallest absolute Gasteiger partial charge is 0.342 e. The second-order valence-electron chi connectivity index (χ2n) is 11.2. The van der Waals surface area contributed by atoms with Gasteiger partial charge in [0, 0.05) is 19.3 Å². The zero-order chi connectivity index (χ0) is 29.4. The number of carbonyl (C=O) groups is 4. The van der Waals surface area contributed by atoms with Gasteiger partial charge in [0.2, 0.25) is 12.4 Å². The van der Waals surface area contributed by atoms with Crippen LogP contribution in [0.25, 0.3) is 0 Å². The van der Waals surface area contributed by atoms with Crippen LogP contribution >= 0.6 is 0 Å². The van der Waals surface area contributed by atoms with E-state index >= 15 is 0 Å². The van der Waals surface area contributed by atoms with Gasteiger partial charge in [-0.25, -0.2) is 4.79 Å². The topological polar surface area (TPSA) is 124 Å². The summed E-state index contributed by atoms with van der Waals surface area (Å²) in [5, 5.41) is 0. The third-order valence-corrected chi connectivity index (χ3v) is 5.74. The van der Waals surface area contributed by atoms with Gasteiger partial charge in [0.05, 0.1) is 6.61 Å². The lowest BCUT2D eigenvalue weighted by atomic mass is 9.83. The third kappa shape index (κ3) is 9.84. The fourth-order valence-corrected chi connectivity index (χ4v) is 4.42. The standard InChI is InChI=1S/C29H42O10/c1-9-21(30)35-20-16-34-27(25(38-23(32)11-3)24(20)37-22(31)10-2)36-19-15-13-12-14-18(19)26(33)39-29(7,8)17-28(4,5)6/h12-15,20,24-25,27H,9-11,16-17H2,1-8H3/t20-,24-,25+,27?/m0/s1. The van der Waals surface area contributed by atoms with E-state index in [1.165, 1.54) is 0 Å². The Morgan fingerprint density at radius 3 is 1.92 bits per heavy atom. The van der Waals surface area contributed by atoms with E-state index in [0.29, 0.717) is 6.42 Å². The summed E-state index contributed by atoms with van der Waals surface area (Å²) >= 11 is 0. The van der Waals surface area contributed by atoms with Crippen molar-refractivity contribution in [3.8, 4) is 5.75 Å². The van der Waals surface area contributed by atoms with Crippen LogP contribution in [0.15, 0.2) is 24.3 Å². The fourth-order valence-electron chi connectivity index (χ4n) is 4.42. The minimum absolute atomic E-state index is 0.0306. The summed E-state index contributed by atoms with van der Waals surface area (Å²) in [5.41, 5.74) is -0.682. The van der Waals surface area contributed by atoms with Gasteiger partial charge in [-0.15, -0.1) is 0 Å². The van der Waals surface area contributed by atoms with Crippen LogP contribution in [0.1, 0.15) is 91.4 Å². The van der Waals surface area contributed by atoms with Crippen LogP contribution < -0.4 is 4.74 Å². The molecule has 4 atom stereocenters. The van der Waals surface area contributed by atoms with Crippen LogP contribution in [0.4, 0.5) is 0 Å². The number of hydrogen-bond donors (Lipinski definition) is 0. The summed E-state index contributed by atoms with van der Waals surface area (Å²) in [4.78, 5) is 49.9. The van der Waals surface area contributed by atoms with Gasteiger partial charge in [-0.2, -0.15) is 0 Å². The summed E-state index contributed by atoms with van der Waals surface area (Å²) in [6.45, 7) is 14.5. The van der Waals surface area contributed by atoms with Crippen LogP contribution in [-0.2, 0) is 38.1 Å². The van der Waals surface area contributed by atoms with E-state index < -0.39 is 54.1 Å². The number of rotatable bonds is 11. The van der Waals surface area contributed by atoms with Gasteiger partial charge >= 0.3 is 23.9 Å². The molecule has 1 saturated heterocycles. The predicted molar refractivity (Wildman–Crippen MR) is 141 cm³/mol. The minimum Gasteiger partial charge on any atom is -0.460 e. The molecule has 0 amide bonds. The highest BCUT2D eigenvalue weighted by Gasteiger charge is 2.49. The Morgan fingerprint density at radius 2 is 1.36 bits per heavy atom. The molecule has 0 aromatic heterocycles. The van der Waals surface area contributed by atoms with Gasteiger partial charge in [-0.05, 0) is 37.8 Å². The molecule has 10 nitrogen and oxygen atoms in total. The van der Waals surface area contributed by atoms with E-state index in [2.05, 4.69) is 20.8 Å². The Labute approximate surface area is 230 Å². The zero-order valence-electron chi connectivity index (χ0n) is 24.2. The quantitative estimate of drug-likeness (QED) is 0.281. The van der Waals surface area contributed by atoms with Crippen molar-refractivity contribution < 1.29 is 47.6 Å². The molecule has 10 heteroatoms. The summed E-state index contributed by atoms with van der Waals surface area (Å²) in [5.74, 6) is -2.19. The molecule has 1 aromatic rings. The molecule has 0 aliphatic carbocycles. The molecular formula is C29H42O10. The van der Waals surface area contributed by atoms with Crippen LogP contribution in [-0.4, -0.2) is 60.7 Å². The maximum Gasteiger partial charge on any atom is 0.342 e. The Kier molecular flexibility index (Phi) is 11.3. The molecule has 0 N–H and O–H groups in total. The normalized spacial score (nSPS) is 21.4. The number of carbonyl (C=O) groups excluding carboxylic acids is 4. The van der Waals surface area contributed by atoms with E-state index in [1.54, 1.807) is 45.0 Å².